The van der Waals surface area contributed by atoms with E-state index in [1.165, 1.54) is 18.9 Å². The first-order valence-electron chi connectivity index (χ1n) is 7.61. The maximum absolute atomic E-state index is 13.2. The highest BCUT2D eigenvalue weighted by atomic mass is 19.1. The number of benzene rings is 1. The summed E-state index contributed by atoms with van der Waals surface area (Å²) in [5.41, 5.74) is 0.0857. The van der Waals surface area contributed by atoms with Crippen molar-refractivity contribution >= 4 is 5.78 Å². The lowest BCUT2D eigenvalue weighted by atomic mass is 10.1. The third kappa shape index (κ3) is 3.24. The summed E-state index contributed by atoms with van der Waals surface area (Å²) in [6.45, 7) is 4.29. The number of carbonyl (C=O) groups excluding carboxylic acids is 1. The van der Waals surface area contributed by atoms with E-state index in [0.29, 0.717) is 6.04 Å². The second-order valence-corrected chi connectivity index (χ2v) is 6.01. The lowest BCUT2D eigenvalue weighted by Crippen LogP contribution is -2.38. The van der Waals surface area contributed by atoms with E-state index in [-0.39, 0.29) is 23.6 Å². The predicted molar refractivity (Wildman–Crippen MR) is 78.0 cm³/mol. The lowest BCUT2D eigenvalue weighted by Gasteiger charge is -2.25. The molecule has 0 aromatic heterocycles. The predicted octanol–water partition coefficient (Wildman–Crippen LogP) is 1.88. The third-order valence-electron chi connectivity index (χ3n) is 4.51. The zero-order valence-electron chi connectivity index (χ0n) is 12.1. The van der Waals surface area contributed by atoms with Gasteiger partial charge in [-0.1, -0.05) is 0 Å². The summed E-state index contributed by atoms with van der Waals surface area (Å²) in [5, 5.41) is 9.73. The Labute approximate surface area is 124 Å². The second kappa shape index (κ2) is 6.12. The van der Waals surface area contributed by atoms with Crippen LogP contribution in [0.2, 0.25) is 0 Å². The molecule has 1 unspecified atom stereocenters. The molecule has 1 aromatic carbocycles. The highest BCUT2D eigenvalue weighted by molar-refractivity contribution is 6.00. The van der Waals surface area contributed by atoms with E-state index in [4.69, 9.17) is 0 Å². The minimum Gasteiger partial charge on any atom is -0.507 e. The summed E-state index contributed by atoms with van der Waals surface area (Å²) >= 11 is 0. The van der Waals surface area contributed by atoms with Crippen LogP contribution in [0.3, 0.4) is 0 Å². The van der Waals surface area contributed by atoms with Crippen molar-refractivity contribution in [2.24, 2.45) is 0 Å². The number of phenolic OH excluding ortho intramolecular Hbond substituents is 1. The number of phenols is 1. The monoisotopic (exact) mass is 292 g/mol. The summed E-state index contributed by atoms with van der Waals surface area (Å²) in [7, 11) is 0. The third-order valence-corrected chi connectivity index (χ3v) is 4.51. The number of rotatable bonds is 3. The molecule has 1 N–H and O–H groups in total. The number of Topliss-reactive ketones (excluding diaryl/α,β-unsaturated/α-hetero) is 1. The number of carbonyl (C=O) groups is 1. The van der Waals surface area contributed by atoms with E-state index in [2.05, 4.69) is 9.80 Å². The SMILES string of the molecule is O=C(CN1CCCN2CCCC2C1)c1cc(F)ccc1O. The van der Waals surface area contributed by atoms with Crippen molar-refractivity contribution in [1.29, 1.82) is 0 Å². The van der Waals surface area contributed by atoms with Crippen molar-refractivity contribution in [3.8, 4) is 5.75 Å². The fraction of sp³-hybridized carbons (Fsp3) is 0.562. The topological polar surface area (TPSA) is 43.8 Å². The van der Waals surface area contributed by atoms with Gasteiger partial charge in [-0.3, -0.25) is 14.6 Å². The quantitative estimate of drug-likeness (QED) is 0.864. The number of hydrogen-bond donors (Lipinski definition) is 1. The van der Waals surface area contributed by atoms with Gasteiger partial charge >= 0.3 is 0 Å². The Balaban J connectivity index is 1.67. The summed E-state index contributed by atoms with van der Waals surface area (Å²) in [6, 6.07) is 4.07. The molecule has 21 heavy (non-hydrogen) atoms. The summed E-state index contributed by atoms with van der Waals surface area (Å²) in [5.74, 6) is -0.842. The van der Waals surface area contributed by atoms with Gasteiger partial charge in [0.2, 0.25) is 0 Å². The van der Waals surface area contributed by atoms with Gasteiger partial charge in [-0.05, 0) is 57.1 Å². The molecule has 0 radical (unpaired) electrons. The molecule has 0 spiro atoms. The summed E-state index contributed by atoms with van der Waals surface area (Å²) < 4.78 is 13.2. The minimum atomic E-state index is -0.492. The van der Waals surface area contributed by atoms with Gasteiger partial charge in [0.25, 0.3) is 0 Å². The summed E-state index contributed by atoms with van der Waals surface area (Å²) in [4.78, 5) is 17.0. The first-order chi connectivity index (χ1) is 10.1. The van der Waals surface area contributed by atoms with Crippen molar-refractivity contribution in [1.82, 2.24) is 9.80 Å². The number of fused-ring (bicyclic) bond motifs is 1. The van der Waals surface area contributed by atoms with Crippen molar-refractivity contribution in [3.63, 3.8) is 0 Å². The molecular weight excluding hydrogens is 271 g/mol. The van der Waals surface area contributed by atoms with Crippen LogP contribution in [-0.2, 0) is 0 Å². The Morgan fingerprint density at radius 1 is 1.29 bits per heavy atom. The molecule has 1 atom stereocenters. The van der Waals surface area contributed by atoms with Crippen LogP contribution in [0.1, 0.15) is 29.6 Å². The minimum absolute atomic E-state index is 0.0857. The number of hydrogen-bond acceptors (Lipinski definition) is 4. The van der Waals surface area contributed by atoms with Gasteiger partial charge < -0.3 is 5.11 Å². The van der Waals surface area contributed by atoms with Gasteiger partial charge in [-0.25, -0.2) is 4.39 Å². The van der Waals surface area contributed by atoms with E-state index in [0.717, 1.165) is 44.7 Å². The highest BCUT2D eigenvalue weighted by Gasteiger charge is 2.29. The molecule has 2 aliphatic rings. The fourth-order valence-corrected chi connectivity index (χ4v) is 3.45. The average molecular weight is 292 g/mol. The molecular formula is C16H21FN2O2. The maximum atomic E-state index is 13.2. The fourth-order valence-electron chi connectivity index (χ4n) is 3.45. The second-order valence-electron chi connectivity index (χ2n) is 6.01. The van der Waals surface area contributed by atoms with E-state index >= 15 is 0 Å². The summed E-state index contributed by atoms with van der Waals surface area (Å²) in [6.07, 6.45) is 3.48. The number of nitrogens with zero attached hydrogens (tertiary/aromatic N) is 2. The molecule has 1 aromatic rings. The van der Waals surface area contributed by atoms with Crippen LogP contribution in [0.15, 0.2) is 18.2 Å². The molecule has 0 aliphatic carbocycles. The average Bonchev–Trinajstić information content (AvgIpc) is 2.80. The highest BCUT2D eigenvalue weighted by Crippen LogP contribution is 2.23. The Morgan fingerprint density at radius 2 is 2.10 bits per heavy atom. The smallest absolute Gasteiger partial charge is 0.180 e. The van der Waals surface area contributed by atoms with Crippen molar-refractivity contribution < 1.29 is 14.3 Å². The lowest BCUT2D eigenvalue weighted by molar-refractivity contribution is 0.0921. The van der Waals surface area contributed by atoms with E-state index < -0.39 is 5.82 Å². The van der Waals surface area contributed by atoms with Crippen LogP contribution in [0.25, 0.3) is 0 Å². The molecule has 0 bridgehead atoms. The molecule has 4 nitrogen and oxygen atoms in total. The van der Waals surface area contributed by atoms with Gasteiger partial charge in [0.15, 0.2) is 5.78 Å². The molecule has 0 amide bonds. The standard InChI is InChI=1S/C16H21FN2O2/c17-12-4-5-15(20)14(9-12)16(21)11-18-6-2-8-19-7-1-3-13(19)10-18/h4-5,9,13,20H,1-3,6-8,10-11H2. The number of halogens is 1. The van der Waals surface area contributed by atoms with Gasteiger partial charge in [0.1, 0.15) is 11.6 Å². The molecule has 5 heteroatoms. The Bertz CT molecular complexity index is 535. The van der Waals surface area contributed by atoms with E-state index in [1.807, 2.05) is 0 Å². The van der Waals surface area contributed by atoms with Crippen molar-refractivity contribution in [2.75, 3.05) is 32.7 Å². The molecule has 0 saturated carbocycles. The first kappa shape index (κ1) is 14.5. The molecule has 2 heterocycles. The Kier molecular flexibility index (Phi) is 4.22. The number of aromatic hydroxyl groups is 1. The van der Waals surface area contributed by atoms with Gasteiger partial charge in [-0.2, -0.15) is 0 Å². The van der Waals surface area contributed by atoms with Crippen LogP contribution in [-0.4, -0.2) is 59.5 Å². The van der Waals surface area contributed by atoms with Gasteiger partial charge in [0, 0.05) is 12.6 Å². The normalized spacial score (nSPS) is 23.8. The van der Waals surface area contributed by atoms with Crippen LogP contribution < -0.4 is 0 Å². The van der Waals surface area contributed by atoms with Crippen LogP contribution >= 0.6 is 0 Å². The maximum Gasteiger partial charge on any atom is 0.180 e. The Morgan fingerprint density at radius 3 is 2.95 bits per heavy atom. The first-order valence-corrected chi connectivity index (χ1v) is 7.61. The van der Waals surface area contributed by atoms with Crippen LogP contribution in [0, 0.1) is 5.82 Å². The molecule has 2 aliphatic heterocycles. The van der Waals surface area contributed by atoms with Gasteiger partial charge in [0.05, 0.1) is 12.1 Å². The number of ketones is 1. The largest absolute Gasteiger partial charge is 0.507 e. The van der Waals surface area contributed by atoms with Crippen molar-refractivity contribution in [3.05, 3.63) is 29.6 Å². The molecule has 3 rings (SSSR count). The van der Waals surface area contributed by atoms with Crippen molar-refractivity contribution in [2.45, 2.75) is 25.3 Å². The zero-order valence-corrected chi connectivity index (χ0v) is 12.1. The molecule has 2 fully saturated rings. The molecule has 2 saturated heterocycles. The van der Waals surface area contributed by atoms with Gasteiger partial charge in [-0.15, -0.1) is 0 Å². The molecule has 114 valence electrons. The van der Waals surface area contributed by atoms with Crippen LogP contribution in [0.5, 0.6) is 5.75 Å². The Hall–Kier alpha value is -1.46. The van der Waals surface area contributed by atoms with E-state index in [9.17, 15) is 14.3 Å². The zero-order chi connectivity index (χ0) is 14.8. The van der Waals surface area contributed by atoms with E-state index in [1.54, 1.807) is 0 Å². The van der Waals surface area contributed by atoms with Crippen LogP contribution in [0.4, 0.5) is 4.39 Å².